The number of amides is 1. The van der Waals surface area contributed by atoms with Crippen molar-refractivity contribution in [1.29, 1.82) is 0 Å². The predicted octanol–water partition coefficient (Wildman–Crippen LogP) is 4.17. The summed E-state index contributed by atoms with van der Waals surface area (Å²) < 4.78 is 0. The number of hydrogen-bond acceptors (Lipinski definition) is 3. The molecule has 2 aromatic rings. The van der Waals surface area contributed by atoms with Crippen LogP contribution in [0, 0.1) is 6.92 Å². The standard InChI is InChI=1S/C19H25N3O/c1-3-4-7-12-20-17-10-11-18(21-14-17)22-19(23)13-16-9-6-5-8-15(16)2/h5-6,8-11,14,20H,3-4,7,12-13H2,1-2H3,(H,21,22,23). The molecule has 0 bridgehead atoms. The number of rotatable bonds is 8. The lowest BCUT2D eigenvalue weighted by atomic mass is 10.1. The van der Waals surface area contributed by atoms with Gasteiger partial charge in [-0.2, -0.15) is 0 Å². The number of pyridine rings is 1. The molecule has 0 spiro atoms. The average Bonchev–Trinajstić information content (AvgIpc) is 2.55. The molecule has 1 amide bonds. The number of aromatic nitrogens is 1. The van der Waals surface area contributed by atoms with Crippen LogP contribution in [0.1, 0.15) is 37.3 Å². The highest BCUT2D eigenvalue weighted by atomic mass is 16.1. The summed E-state index contributed by atoms with van der Waals surface area (Å²) in [6.07, 6.45) is 5.73. The highest BCUT2D eigenvalue weighted by molar-refractivity contribution is 5.91. The summed E-state index contributed by atoms with van der Waals surface area (Å²) >= 11 is 0. The Kier molecular flexibility index (Phi) is 6.60. The molecule has 0 unspecified atom stereocenters. The molecule has 2 N–H and O–H groups in total. The van der Waals surface area contributed by atoms with E-state index in [-0.39, 0.29) is 5.91 Å². The van der Waals surface area contributed by atoms with Crippen LogP contribution in [0.5, 0.6) is 0 Å². The number of benzene rings is 1. The maximum absolute atomic E-state index is 12.1. The number of nitrogens with zero attached hydrogens (tertiary/aromatic N) is 1. The van der Waals surface area contributed by atoms with Gasteiger partial charge >= 0.3 is 0 Å². The first-order valence-electron chi connectivity index (χ1n) is 8.23. The Labute approximate surface area is 138 Å². The summed E-state index contributed by atoms with van der Waals surface area (Å²) in [6.45, 7) is 5.16. The molecule has 1 aromatic heterocycles. The van der Waals surface area contributed by atoms with Gasteiger partial charge in [-0.3, -0.25) is 4.79 Å². The molecular weight excluding hydrogens is 286 g/mol. The van der Waals surface area contributed by atoms with Gasteiger partial charge in [0.1, 0.15) is 5.82 Å². The lowest BCUT2D eigenvalue weighted by Gasteiger charge is -2.08. The van der Waals surface area contributed by atoms with E-state index in [1.54, 1.807) is 6.20 Å². The number of hydrogen-bond donors (Lipinski definition) is 2. The van der Waals surface area contributed by atoms with Crippen molar-refractivity contribution in [3.63, 3.8) is 0 Å². The van der Waals surface area contributed by atoms with Gasteiger partial charge < -0.3 is 10.6 Å². The Hall–Kier alpha value is -2.36. The van der Waals surface area contributed by atoms with Crippen LogP contribution >= 0.6 is 0 Å². The van der Waals surface area contributed by atoms with E-state index in [9.17, 15) is 4.79 Å². The molecule has 0 aliphatic carbocycles. The van der Waals surface area contributed by atoms with Gasteiger partial charge in [0.2, 0.25) is 5.91 Å². The third-order valence-corrected chi connectivity index (χ3v) is 3.75. The lowest BCUT2D eigenvalue weighted by molar-refractivity contribution is -0.115. The van der Waals surface area contributed by atoms with Crippen molar-refractivity contribution in [1.82, 2.24) is 4.98 Å². The van der Waals surface area contributed by atoms with Crippen LogP contribution in [-0.4, -0.2) is 17.4 Å². The first kappa shape index (κ1) is 17.0. The smallest absolute Gasteiger partial charge is 0.229 e. The molecule has 122 valence electrons. The minimum absolute atomic E-state index is 0.0459. The van der Waals surface area contributed by atoms with Crippen LogP contribution in [0.25, 0.3) is 0 Å². The first-order valence-corrected chi connectivity index (χ1v) is 8.23. The van der Waals surface area contributed by atoms with Gasteiger partial charge in [0, 0.05) is 6.54 Å². The van der Waals surface area contributed by atoms with Crippen LogP contribution in [0.2, 0.25) is 0 Å². The number of anilines is 2. The maximum Gasteiger partial charge on any atom is 0.229 e. The minimum atomic E-state index is -0.0459. The number of aryl methyl sites for hydroxylation is 1. The molecule has 23 heavy (non-hydrogen) atoms. The van der Waals surface area contributed by atoms with Crippen molar-refractivity contribution < 1.29 is 4.79 Å². The Balaban J connectivity index is 1.83. The van der Waals surface area contributed by atoms with Gasteiger partial charge in [-0.05, 0) is 36.6 Å². The first-order chi connectivity index (χ1) is 11.2. The zero-order chi connectivity index (χ0) is 16.5. The highest BCUT2D eigenvalue weighted by Gasteiger charge is 2.06. The van der Waals surface area contributed by atoms with Gasteiger partial charge in [0.25, 0.3) is 0 Å². The Morgan fingerprint density at radius 3 is 2.65 bits per heavy atom. The van der Waals surface area contributed by atoms with Gasteiger partial charge in [0.15, 0.2) is 0 Å². The van der Waals surface area contributed by atoms with Crippen LogP contribution in [0.15, 0.2) is 42.6 Å². The van der Waals surface area contributed by atoms with Gasteiger partial charge in [-0.15, -0.1) is 0 Å². The summed E-state index contributed by atoms with van der Waals surface area (Å²) in [5.74, 6) is 0.540. The minimum Gasteiger partial charge on any atom is -0.384 e. The van der Waals surface area contributed by atoms with Crippen LogP contribution < -0.4 is 10.6 Å². The summed E-state index contributed by atoms with van der Waals surface area (Å²) in [4.78, 5) is 16.4. The molecule has 4 nitrogen and oxygen atoms in total. The van der Waals surface area contributed by atoms with E-state index in [0.717, 1.165) is 29.8 Å². The van der Waals surface area contributed by atoms with Crippen molar-refractivity contribution in [2.75, 3.05) is 17.2 Å². The van der Waals surface area contributed by atoms with E-state index < -0.39 is 0 Å². The molecule has 0 saturated carbocycles. The van der Waals surface area contributed by atoms with Crippen LogP contribution in [-0.2, 0) is 11.2 Å². The molecule has 1 aromatic carbocycles. The summed E-state index contributed by atoms with van der Waals surface area (Å²) in [5, 5.41) is 6.18. The molecule has 0 fully saturated rings. The maximum atomic E-state index is 12.1. The quantitative estimate of drug-likeness (QED) is 0.719. The SMILES string of the molecule is CCCCCNc1ccc(NC(=O)Cc2ccccc2C)nc1. The zero-order valence-corrected chi connectivity index (χ0v) is 13.9. The topological polar surface area (TPSA) is 54.0 Å². The number of unbranched alkanes of at least 4 members (excludes halogenated alkanes) is 2. The van der Waals surface area contributed by atoms with Crippen molar-refractivity contribution in [3.05, 3.63) is 53.7 Å². The Morgan fingerprint density at radius 2 is 1.96 bits per heavy atom. The van der Waals surface area contributed by atoms with E-state index in [1.165, 1.54) is 12.8 Å². The van der Waals surface area contributed by atoms with Crippen molar-refractivity contribution >= 4 is 17.4 Å². The molecule has 0 aliphatic rings. The summed E-state index contributed by atoms with van der Waals surface area (Å²) in [5.41, 5.74) is 3.15. The number of carbonyl (C=O) groups excluding carboxylic acids is 1. The number of nitrogens with one attached hydrogen (secondary N) is 2. The fraction of sp³-hybridized carbons (Fsp3) is 0.368. The molecule has 0 radical (unpaired) electrons. The molecular formula is C19H25N3O. The third-order valence-electron chi connectivity index (χ3n) is 3.75. The Bertz CT molecular complexity index is 623. The van der Waals surface area contributed by atoms with E-state index >= 15 is 0 Å². The van der Waals surface area contributed by atoms with E-state index in [1.807, 2.05) is 43.3 Å². The monoisotopic (exact) mass is 311 g/mol. The summed E-state index contributed by atoms with van der Waals surface area (Å²) in [7, 11) is 0. The molecule has 1 heterocycles. The fourth-order valence-corrected chi connectivity index (χ4v) is 2.35. The summed E-state index contributed by atoms with van der Waals surface area (Å²) in [6, 6.07) is 11.7. The largest absolute Gasteiger partial charge is 0.384 e. The molecule has 0 saturated heterocycles. The average molecular weight is 311 g/mol. The van der Waals surface area contributed by atoms with Gasteiger partial charge in [-0.1, -0.05) is 44.0 Å². The van der Waals surface area contributed by atoms with Crippen LogP contribution in [0.4, 0.5) is 11.5 Å². The third kappa shape index (κ3) is 5.74. The van der Waals surface area contributed by atoms with Gasteiger partial charge in [-0.25, -0.2) is 4.98 Å². The zero-order valence-electron chi connectivity index (χ0n) is 13.9. The molecule has 0 aliphatic heterocycles. The number of carbonyl (C=O) groups is 1. The normalized spacial score (nSPS) is 10.3. The molecule has 2 rings (SSSR count). The van der Waals surface area contributed by atoms with Crippen LogP contribution in [0.3, 0.4) is 0 Å². The van der Waals surface area contributed by atoms with Crippen molar-refractivity contribution in [2.24, 2.45) is 0 Å². The highest BCUT2D eigenvalue weighted by Crippen LogP contribution is 2.12. The lowest BCUT2D eigenvalue weighted by Crippen LogP contribution is -2.16. The predicted molar refractivity (Wildman–Crippen MR) is 95.8 cm³/mol. The van der Waals surface area contributed by atoms with Crippen molar-refractivity contribution in [2.45, 2.75) is 39.5 Å². The molecule has 4 heteroatoms. The second-order valence-electron chi connectivity index (χ2n) is 5.72. The fourth-order valence-electron chi connectivity index (χ4n) is 2.35. The molecule has 0 atom stereocenters. The second-order valence-corrected chi connectivity index (χ2v) is 5.72. The van der Waals surface area contributed by atoms with Gasteiger partial charge in [0.05, 0.1) is 18.3 Å². The Morgan fingerprint density at radius 1 is 1.13 bits per heavy atom. The second kappa shape index (κ2) is 8.93. The van der Waals surface area contributed by atoms with E-state index in [2.05, 4.69) is 22.5 Å². The van der Waals surface area contributed by atoms with Crippen molar-refractivity contribution in [3.8, 4) is 0 Å². The van der Waals surface area contributed by atoms with E-state index in [4.69, 9.17) is 0 Å². The van der Waals surface area contributed by atoms with E-state index in [0.29, 0.717) is 12.2 Å².